The number of nitrogens with two attached hydrogens (primary N) is 1. The fourth-order valence-electron chi connectivity index (χ4n) is 2.07. The number of aromatic nitrogens is 2. The van der Waals surface area contributed by atoms with Gasteiger partial charge in [0.15, 0.2) is 0 Å². The summed E-state index contributed by atoms with van der Waals surface area (Å²) in [7, 11) is 0. The normalized spacial score (nSPS) is 18.8. The Bertz CT molecular complexity index is 380. The van der Waals surface area contributed by atoms with Crippen LogP contribution < -0.4 is 11.1 Å². The van der Waals surface area contributed by atoms with E-state index in [1.165, 1.54) is 12.8 Å². The van der Waals surface area contributed by atoms with E-state index < -0.39 is 0 Å². The second-order valence-corrected chi connectivity index (χ2v) is 4.57. The maximum atomic E-state index is 6.04. The van der Waals surface area contributed by atoms with E-state index in [9.17, 15) is 0 Å². The lowest BCUT2D eigenvalue weighted by Gasteiger charge is -2.10. The molecule has 4 nitrogen and oxygen atoms in total. The maximum absolute atomic E-state index is 6.04. The second-order valence-electron chi connectivity index (χ2n) is 4.21. The number of halogens is 1. The average Bonchev–Trinajstić information content (AvgIpc) is 2.61. The molecular weight excluding hydrogens is 224 g/mol. The third-order valence-corrected chi connectivity index (χ3v) is 3.23. The Kier molecular flexibility index (Phi) is 3.61. The van der Waals surface area contributed by atoms with Crippen LogP contribution in [0.5, 0.6) is 0 Å². The second kappa shape index (κ2) is 4.97. The van der Waals surface area contributed by atoms with Gasteiger partial charge in [-0.3, -0.25) is 0 Å². The zero-order chi connectivity index (χ0) is 11.5. The molecule has 0 saturated heterocycles. The van der Waals surface area contributed by atoms with Crippen LogP contribution in [0.4, 0.5) is 5.95 Å². The summed E-state index contributed by atoms with van der Waals surface area (Å²) >= 11 is 6.04. The Labute approximate surface area is 101 Å². The average molecular weight is 241 g/mol. The lowest BCUT2D eigenvalue weighted by Crippen LogP contribution is -2.30. The van der Waals surface area contributed by atoms with Crippen molar-refractivity contribution in [2.24, 2.45) is 0 Å². The molecule has 16 heavy (non-hydrogen) atoms. The third kappa shape index (κ3) is 2.44. The van der Waals surface area contributed by atoms with Gasteiger partial charge in [0, 0.05) is 18.0 Å². The number of fused-ring (bicyclic) bond motifs is 1. The highest BCUT2D eigenvalue weighted by atomic mass is 35.5. The lowest BCUT2D eigenvalue weighted by molar-refractivity contribution is 0.518. The predicted octanol–water partition coefficient (Wildman–Crippen LogP) is 1.57. The summed E-state index contributed by atoms with van der Waals surface area (Å²) in [5.74, 6) is 0.276. The van der Waals surface area contributed by atoms with Gasteiger partial charge in [-0.05, 0) is 19.4 Å². The number of nitrogens with zero attached hydrogens (tertiary/aromatic N) is 2. The summed E-state index contributed by atoms with van der Waals surface area (Å²) in [6.45, 7) is 3.24. The van der Waals surface area contributed by atoms with Gasteiger partial charge in [0.25, 0.3) is 0 Å². The Balaban J connectivity index is 2.01. The molecule has 1 heterocycles. The van der Waals surface area contributed by atoms with E-state index in [2.05, 4.69) is 22.2 Å². The van der Waals surface area contributed by atoms with Crippen LogP contribution >= 0.6 is 11.6 Å². The van der Waals surface area contributed by atoms with Crippen molar-refractivity contribution in [2.75, 3.05) is 12.3 Å². The first kappa shape index (κ1) is 11.6. The van der Waals surface area contributed by atoms with E-state index in [1.807, 2.05) is 0 Å². The Morgan fingerprint density at radius 2 is 2.25 bits per heavy atom. The highest BCUT2D eigenvalue weighted by Gasteiger charge is 2.25. The summed E-state index contributed by atoms with van der Waals surface area (Å²) in [5.41, 5.74) is 7.64. The van der Waals surface area contributed by atoms with Gasteiger partial charge in [-0.25, -0.2) is 9.97 Å². The van der Waals surface area contributed by atoms with Crippen molar-refractivity contribution in [3.63, 3.8) is 0 Å². The zero-order valence-electron chi connectivity index (χ0n) is 9.46. The number of unbranched alkanes of at least 4 members (excludes halogenated alkanes) is 1. The molecule has 1 unspecified atom stereocenters. The number of hydrogen-bond donors (Lipinski definition) is 2. The maximum Gasteiger partial charge on any atom is 0.221 e. The number of anilines is 1. The topological polar surface area (TPSA) is 63.8 Å². The van der Waals surface area contributed by atoms with Crippen LogP contribution in [0, 0.1) is 0 Å². The van der Waals surface area contributed by atoms with E-state index >= 15 is 0 Å². The molecule has 88 valence electrons. The van der Waals surface area contributed by atoms with Gasteiger partial charge in [0.05, 0.1) is 5.69 Å². The highest BCUT2D eigenvalue weighted by Crippen LogP contribution is 2.26. The first-order valence-corrected chi connectivity index (χ1v) is 6.12. The molecule has 2 rings (SSSR count). The fourth-order valence-corrected chi connectivity index (χ4v) is 2.34. The minimum absolute atomic E-state index is 0.276. The molecule has 1 aromatic rings. The largest absolute Gasteiger partial charge is 0.368 e. The Hall–Kier alpha value is -0.870. The number of nitrogen functional groups attached to an aromatic ring is 1. The van der Waals surface area contributed by atoms with E-state index in [4.69, 9.17) is 17.3 Å². The summed E-state index contributed by atoms with van der Waals surface area (Å²) in [5, 5.41) is 4.02. The molecule has 5 heteroatoms. The highest BCUT2D eigenvalue weighted by molar-refractivity contribution is 6.30. The third-order valence-electron chi connectivity index (χ3n) is 2.91. The molecule has 0 aliphatic heterocycles. The van der Waals surface area contributed by atoms with Crippen LogP contribution in [-0.4, -0.2) is 22.6 Å². The van der Waals surface area contributed by atoms with E-state index in [0.717, 1.165) is 30.6 Å². The van der Waals surface area contributed by atoms with Gasteiger partial charge in [0.2, 0.25) is 5.95 Å². The van der Waals surface area contributed by atoms with Crippen molar-refractivity contribution >= 4 is 17.5 Å². The molecule has 0 spiro atoms. The Morgan fingerprint density at radius 3 is 3.00 bits per heavy atom. The van der Waals surface area contributed by atoms with E-state index in [0.29, 0.717) is 11.2 Å². The molecular formula is C11H17ClN4. The summed E-state index contributed by atoms with van der Waals surface area (Å²) in [4.78, 5) is 8.22. The predicted molar refractivity (Wildman–Crippen MR) is 65.6 cm³/mol. The van der Waals surface area contributed by atoms with Gasteiger partial charge in [-0.1, -0.05) is 24.9 Å². The smallest absolute Gasteiger partial charge is 0.221 e. The Morgan fingerprint density at radius 1 is 1.44 bits per heavy atom. The van der Waals surface area contributed by atoms with Crippen LogP contribution in [0.1, 0.15) is 31.0 Å². The van der Waals surface area contributed by atoms with Crippen molar-refractivity contribution in [3.8, 4) is 0 Å². The quantitative estimate of drug-likeness (QED) is 0.620. The zero-order valence-corrected chi connectivity index (χ0v) is 10.2. The summed E-state index contributed by atoms with van der Waals surface area (Å²) < 4.78 is 0. The monoisotopic (exact) mass is 240 g/mol. The van der Waals surface area contributed by atoms with Gasteiger partial charge >= 0.3 is 0 Å². The van der Waals surface area contributed by atoms with Gasteiger partial charge in [-0.2, -0.15) is 0 Å². The minimum atomic E-state index is 0.276. The van der Waals surface area contributed by atoms with Crippen LogP contribution in [0.2, 0.25) is 5.15 Å². The van der Waals surface area contributed by atoms with Crippen molar-refractivity contribution in [1.29, 1.82) is 0 Å². The summed E-state index contributed by atoms with van der Waals surface area (Å²) in [6.07, 6.45) is 4.23. The molecule has 3 N–H and O–H groups in total. The van der Waals surface area contributed by atoms with Crippen LogP contribution in [0.25, 0.3) is 0 Å². The number of rotatable bonds is 4. The molecule has 1 aliphatic rings. The molecule has 1 aromatic heterocycles. The molecule has 0 aromatic carbocycles. The van der Waals surface area contributed by atoms with Gasteiger partial charge in [-0.15, -0.1) is 0 Å². The molecule has 1 aliphatic carbocycles. The standard InChI is InChI=1S/C11H17ClN4/c1-2-3-4-14-7-5-8-9(6-7)15-11(13)16-10(8)12/h7,14H,2-6H2,1H3,(H2,13,15,16). The van der Waals surface area contributed by atoms with Crippen LogP contribution in [0.15, 0.2) is 0 Å². The molecule has 0 radical (unpaired) electrons. The van der Waals surface area contributed by atoms with Crippen molar-refractivity contribution in [1.82, 2.24) is 15.3 Å². The van der Waals surface area contributed by atoms with Gasteiger partial charge < -0.3 is 11.1 Å². The van der Waals surface area contributed by atoms with E-state index in [-0.39, 0.29) is 5.95 Å². The number of hydrogen-bond acceptors (Lipinski definition) is 4. The lowest BCUT2D eigenvalue weighted by atomic mass is 10.2. The van der Waals surface area contributed by atoms with Crippen molar-refractivity contribution in [2.45, 2.75) is 38.6 Å². The molecule has 0 bridgehead atoms. The van der Waals surface area contributed by atoms with E-state index in [1.54, 1.807) is 0 Å². The van der Waals surface area contributed by atoms with Crippen molar-refractivity contribution < 1.29 is 0 Å². The van der Waals surface area contributed by atoms with Gasteiger partial charge in [0.1, 0.15) is 5.15 Å². The molecule has 1 atom stereocenters. The molecule has 0 fully saturated rings. The van der Waals surface area contributed by atoms with Crippen LogP contribution in [0.3, 0.4) is 0 Å². The molecule has 0 amide bonds. The first-order chi connectivity index (χ1) is 7.70. The minimum Gasteiger partial charge on any atom is -0.368 e. The fraction of sp³-hybridized carbons (Fsp3) is 0.636. The number of nitrogens with one attached hydrogen (secondary N) is 1. The van der Waals surface area contributed by atoms with Crippen LogP contribution in [-0.2, 0) is 12.8 Å². The summed E-state index contributed by atoms with van der Waals surface area (Å²) in [6, 6.07) is 0.440. The first-order valence-electron chi connectivity index (χ1n) is 5.75. The molecule has 0 saturated carbocycles. The van der Waals surface area contributed by atoms with Crippen molar-refractivity contribution in [3.05, 3.63) is 16.4 Å². The SMILES string of the molecule is CCCCNC1Cc2nc(N)nc(Cl)c2C1.